The summed E-state index contributed by atoms with van der Waals surface area (Å²) in [6, 6.07) is 0. The SMILES string of the molecule is O=C(O)c1ncsc1C#CCBr. The van der Waals surface area contributed by atoms with Crippen LogP contribution in [0.5, 0.6) is 0 Å². The number of aromatic nitrogens is 1. The Labute approximate surface area is 81.6 Å². The lowest BCUT2D eigenvalue weighted by Gasteiger charge is -1.85. The van der Waals surface area contributed by atoms with Crippen molar-refractivity contribution in [3.8, 4) is 11.8 Å². The highest BCUT2D eigenvalue weighted by atomic mass is 79.9. The molecule has 0 bridgehead atoms. The van der Waals surface area contributed by atoms with Crippen LogP contribution in [-0.4, -0.2) is 21.4 Å². The van der Waals surface area contributed by atoms with Crippen LogP contribution in [0.3, 0.4) is 0 Å². The van der Waals surface area contributed by atoms with E-state index < -0.39 is 5.97 Å². The van der Waals surface area contributed by atoms with Gasteiger partial charge in [-0.3, -0.25) is 0 Å². The predicted molar refractivity (Wildman–Crippen MR) is 49.7 cm³/mol. The molecule has 0 aliphatic carbocycles. The number of thiazole rings is 1. The van der Waals surface area contributed by atoms with Gasteiger partial charge < -0.3 is 5.11 Å². The van der Waals surface area contributed by atoms with E-state index in [0.717, 1.165) is 0 Å². The molecular weight excluding hydrogens is 242 g/mol. The van der Waals surface area contributed by atoms with Crippen LogP contribution in [-0.2, 0) is 0 Å². The number of alkyl halides is 1. The molecule has 0 amide bonds. The fourth-order valence-corrected chi connectivity index (χ4v) is 1.39. The van der Waals surface area contributed by atoms with Crippen molar-refractivity contribution in [2.24, 2.45) is 0 Å². The lowest BCUT2D eigenvalue weighted by atomic mass is 10.3. The maximum atomic E-state index is 10.5. The van der Waals surface area contributed by atoms with Gasteiger partial charge in [0.2, 0.25) is 0 Å². The van der Waals surface area contributed by atoms with E-state index in [1.165, 1.54) is 16.8 Å². The van der Waals surface area contributed by atoms with Crippen molar-refractivity contribution in [2.45, 2.75) is 0 Å². The summed E-state index contributed by atoms with van der Waals surface area (Å²) >= 11 is 4.35. The summed E-state index contributed by atoms with van der Waals surface area (Å²) in [5, 5.41) is 9.15. The minimum Gasteiger partial charge on any atom is -0.476 e. The molecule has 3 nitrogen and oxygen atoms in total. The molecule has 1 heterocycles. The summed E-state index contributed by atoms with van der Waals surface area (Å²) in [4.78, 5) is 14.7. The molecule has 0 aromatic carbocycles. The molecule has 0 radical (unpaired) electrons. The Bertz CT molecular complexity index is 350. The first-order chi connectivity index (χ1) is 5.75. The highest BCUT2D eigenvalue weighted by molar-refractivity contribution is 9.09. The summed E-state index contributed by atoms with van der Waals surface area (Å²) in [5.74, 6) is 4.39. The maximum absolute atomic E-state index is 10.5. The van der Waals surface area contributed by atoms with Crippen LogP contribution < -0.4 is 0 Å². The molecule has 5 heteroatoms. The van der Waals surface area contributed by atoms with Crippen LogP contribution in [0.1, 0.15) is 15.4 Å². The van der Waals surface area contributed by atoms with Crippen LogP contribution in [0.25, 0.3) is 0 Å². The van der Waals surface area contributed by atoms with Gasteiger partial charge in [-0.25, -0.2) is 9.78 Å². The van der Waals surface area contributed by atoms with Crippen molar-refractivity contribution < 1.29 is 9.90 Å². The molecule has 1 aromatic rings. The van der Waals surface area contributed by atoms with Gasteiger partial charge in [-0.05, 0) is 0 Å². The summed E-state index contributed by atoms with van der Waals surface area (Å²) in [6.45, 7) is 0. The number of carboxylic acids is 1. The first-order valence-corrected chi connectivity index (χ1v) is 4.97. The Hall–Kier alpha value is -0.860. The van der Waals surface area contributed by atoms with E-state index in [2.05, 4.69) is 32.8 Å². The Kier molecular flexibility index (Phi) is 3.26. The molecule has 0 saturated heterocycles. The lowest BCUT2D eigenvalue weighted by Crippen LogP contribution is -1.98. The molecule has 0 aliphatic heterocycles. The van der Waals surface area contributed by atoms with E-state index in [1.54, 1.807) is 0 Å². The first-order valence-electron chi connectivity index (χ1n) is 2.97. The van der Waals surface area contributed by atoms with Gasteiger partial charge >= 0.3 is 5.97 Å². The molecule has 0 fully saturated rings. The highest BCUT2D eigenvalue weighted by Gasteiger charge is 2.10. The zero-order chi connectivity index (χ0) is 8.97. The molecule has 0 unspecified atom stereocenters. The van der Waals surface area contributed by atoms with E-state index in [1.807, 2.05) is 0 Å². The molecule has 1 rings (SSSR count). The van der Waals surface area contributed by atoms with Crippen LogP contribution in [0, 0.1) is 11.8 Å². The van der Waals surface area contributed by atoms with Crippen molar-refractivity contribution in [3.05, 3.63) is 16.1 Å². The molecule has 0 saturated carbocycles. The third-order valence-electron chi connectivity index (χ3n) is 1.04. The Morgan fingerprint density at radius 1 is 1.83 bits per heavy atom. The largest absolute Gasteiger partial charge is 0.476 e. The van der Waals surface area contributed by atoms with Crippen LogP contribution in [0.2, 0.25) is 0 Å². The normalized spacial score (nSPS) is 8.75. The minimum atomic E-state index is -1.03. The first kappa shape index (κ1) is 9.23. The number of halogens is 1. The average molecular weight is 246 g/mol. The molecule has 12 heavy (non-hydrogen) atoms. The zero-order valence-corrected chi connectivity index (χ0v) is 8.28. The smallest absolute Gasteiger partial charge is 0.356 e. The minimum absolute atomic E-state index is 0.0356. The standard InChI is InChI=1S/C7H4BrNO2S/c8-3-1-2-5-6(7(10)11)9-4-12-5/h4H,3H2,(H,10,11). The lowest BCUT2D eigenvalue weighted by molar-refractivity contribution is 0.0691. The van der Waals surface area contributed by atoms with E-state index in [-0.39, 0.29) is 5.69 Å². The predicted octanol–water partition coefficient (Wildman–Crippen LogP) is 1.59. The van der Waals surface area contributed by atoms with Gasteiger partial charge in [0.1, 0.15) is 4.88 Å². The molecule has 1 N–H and O–H groups in total. The van der Waals surface area contributed by atoms with Gasteiger partial charge in [0.05, 0.1) is 10.8 Å². The quantitative estimate of drug-likeness (QED) is 0.604. The van der Waals surface area contributed by atoms with Gasteiger partial charge in [0.25, 0.3) is 0 Å². The Balaban J connectivity index is 2.99. The average Bonchev–Trinajstić information content (AvgIpc) is 2.48. The maximum Gasteiger partial charge on any atom is 0.356 e. The van der Waals surface area contributed by atoms with Crippen molar-refractivity contribution in [2.75, 3.05) is 5.33 Å². The number of nitrogens with zero attached hydrogens (tertiary/aromatic N) is 1. The topological polar surface area (TPSA) is 50.2 Å². The Morgan fingerprint density at radius 3 is 3.17 bits per heavy atom. The summed E-state index contributed by atoms with van der Waals surface area (Å²) in [5.41, 5.74) is 1.51. The van der Waals surface area contributed by atoms with Gasteiger partial charge in [-0.1, -0.05) is 27.8 Å². The zero-order valence-electron chi connectivity index (χ0n) is 5.87. The van der Waals surface area contributed by atoms with E-state index in [9.17, 15) is 4.79 Å². The number of hydrogen-bond donors (Lipinski definition) is 1. The third-order valence-corrected chi connectivity index (χ3v) is 2.06. The molecule has 0 spiro atoms. The van der Waals surface area contributed by atoms with E-state index >= 15 is 0 Å². The van der Waals surface area contributed by atoms with E-state index in [0.29, 0.717) is 10.2 Å². The highest BCUT2D eigenvalue weighted by Crippen LogP contribution is 2.11. The van der Waals surface area contributed by atoms with Gasteiger partial charge in [-0.2, -0.15) is 0 Å². The number of carbonyl (C=O) groups is 1. The number of aromatic carboxylic acids is 1. The monoisotopic (exact) mass is 245 g/mol. The fraction of sp³-hybridized carbons (Fsp3) is 0.143. The number of carboxylic acid groups (broad SMARTS) is 1. The van der Waals surface area contributed by atoms with Gasteiger partial charge in [0.15, 0.2) is 5.69 Å². The summed E-state index contributed by atoms with van der Waals surface area (Å²) in [7, 11) is 0. The van der Waals surface area contributed by atoms with Crippen LogP contribution in [0.4, 0.5) is 0 Å². The Morgan fingerprint density at radius 2 is 2.58 bits per heavy atom. The third kappa shape index (κ3) is 2.06. The van der Waals surface area contributed by atoms with E-state index in [4.69, 9.17) is 5.11 Å². The molecule has 1 aromatic heterocycles. The molecule has 0 aliphatic rings. The second kappa shape index (κ2) is 4.24. The second-order valence-corrected chi connectivity index (χ2v) is 3.19. The fourth-order valence-electron chi connectivity index (χ4n) is 0.601. The summed E-state index contributed by atoms with van der Waals surface area (Å²) in [6.07, 6.45) is 0. The van der Waals surface area contributed by atoms with Crippen molar-refractivity contribution in [1.29, 1.82) is 0 Å². The number of hydrogen-bond acceptors (Lipinski definition) is 3. The molecule has 62 valence electrons. The summed E-state index contributed by atoms with van der Waals surface area (Å²) < 4.78 is 0. The van der Waals surface area contributed by atoms with Crippen LogP contribution in [0.15, 0.2) is 5.51 Å². The van der Waals surface area contributed by atoms with Crippen molar-refractivity contribution in [3.63, 3.8) is 0 Å². The molecule has 0 atom stereocenters. The van der Waals surface area contributed by atoms with Gasteiger partial charge in [0, 0.05) is 0 Å². The van der Waals surface area contributed by atoms with Crippen molar-refractivity contribution >= 4 is 33.2 Å². The number of rotatable bonds is 1. The van der Waals surface area contributed by atoms with Crippen LogP contribution >= 0.6 is 27.3 Å². The van der Waals surface area contributed by atoms with Gasteiger partial charge in [-0.15, -0.1) is 11.3 Å². The molecular formula is C7H4BrNO2S. The van der Waals surface area contributed by atoms with Crippen molar-refractivity contribution in [1.82, 2.24) is 4.98 Å². The second-order valence-electron chi connectivity index (χ2n) is 1.77.